The summed E-state index contributed by atoms with van der Waals surface area (Å²) in [4.78, 5) is 14.5. The monoisotopic (exact) mass is 306 g/mol. The first kappa shape index (κ1) is 15.2. The lowest BCUT2D eigenvalue weighted by atomic mass is 9.83. The van der Waals surface area contributed by atoms with Crippen molar-refractivity contribution in [2.24, 2.45) is 0 Å². The number of ether oxygens (including phenoxy) is 1. The van der Waals surface area contributed by atoms with Crippen molar-refractivity contribution in [2.45, 2.75) is 57.8 Å². The number of aromatic nitrogens is 1. The Morgan fingerprint density at radius 1 is 1.27 bits per heavy atom. The van der Waals surface area contributed by atoms with E-state index in [1.165, 1.54) is 6.07 Å². The maximum atomic E-state index is 11.0. The van der Waals surface area contributed by atoms with Crippen LogP contribution in [0.5, 0.6) is 5.75 Å². The summed E-state index contributed by atoms with van der Waals surface area (Å²) < 4.78 is 17.7. The van der Waals surface area contributed by atoms with Gasteiger partial charge in [-0.15, -0.1) is 0 Å². The van der Waals surface area contributed by atoms with E-state index in [-0.39, 0.29) is 11.9 Å². The zero-order chi connectivity index (χ0) is 16.1. The van der Waals surface area contributed by atoms with Gasteiger partial charge in [-0.05, 0) is 56.5 Å². The summed E-state index contributed by atoms with van der Waals surface area (Å²) in [5.74, 6) is 0.249. The van der Waals surface area contributed by atoms with Crippen LogP contribution in [-0.2, 0) is 9.31 Å². The van der Waals surface area contributed by atoms with Crippen LogP contribution in [0.2, 0.25) is 0 Å². The maximum absolute atomic E-state index is 11.0. The molecule has 0 radical (unpaired) electrons. The van der Waals surface area contributed by atoms with Crippen LogP contribution in [0.4, 0.5) is 5.82 Å². The minimum Gasteiger partial charge on any atom is -0.487 e. The van der Waals surface area contributed by atoms with E-state index in [2.05, 4.69) is 4.98 Å². The fourth-order valence-corrected chi connectivity index (χ4v) is 2.14. The van der Waals surface area contributed by atoms with Gasteiger partial charge in [-0.2, -0.15) is 0 Å². The molecule has 0 atom stereocenters. The van der Waals surface area contributed by atoms with Crippen molar-refractivity contribution in [1.82, 2.24) is 4.98 Å². The summed E-state index contributed by atoms with van der Waals surface area (Å²) in [5.41, 5.74) is -0.749. The lowest BCUT2D eigenvalue weighted by molar-refractivity contribution is -0.389. The molecule has 0 bridgehead atoms. The molecule has 0 spiro atoms. The van der Waals surface area contributed by atoms with Crippen molar-refractivity contribution in [1.29, 1.82) is 0 Å². The fraction of sp³-hybridized carbons (Fsp3) is 0.643. The highest BCUT2D eigenvalue weighted by Gasteiger charge is 2.55. The molecule has 8 heteroatoms. The molecule has 22 heavy (non-hydrogen) atoms. The molecule has 7 nitrogen and oxygen atoms in total. The first-order chi connectivity index (χ1) is 10.2. The molecule has 0 N–H and O–H groups in total. The third-order valence-electron chi connectivity index (χ3n) is 4.35. The summed E-state index contributed by atoms with van der Waals surface area (Å²) >= 11 is 0. The highest BCUT2D eigenvalue weighted by molar-refractivity contribution is 6.62. The molecule has 0 unspecified atom stereocenters. The molecule has 1 aliphatic heterocycles. The molecule has 3 rings (SSSR count). The summed E-state index contributed by atoms with van der Waals surface area (Å²) in [6.45, 7) is 7.69. The van der Waals surface area contributed by atoms with E-state index < -0.39 is 23.2 Å². The van der Waals surface area contributed by atoms with Crippen molar-refractivity contribution in [3.63, 3.8) is 0 Å². The molecule has 118 valence electrons. The highest BCUT2D eigenvalue weighted by atomic mass is 16.7. The van der Waals surface area contributed by atoms with Crippen LogP contribution >= 0.6 is 0 Å². The van der Waals surface area contributed by atoms with E-state index in [1.807, 2.05) is 27.7 Å². The first-order valence-corrected chi connectivity index (χ1v) is 7.37. The lowest BCUT2D eigenvalue weighted by Gasteiger charge is -2.32. The second-order valence-corrected chi connectivity index (χ2v) is 6.72. The van der Waals surface area contributed by atoms with E-state index in [9.17, 15) is 10.1 Å². The second kappa shape index (κ2) is 4.92. The van der Waals surface area contributed by atoms with Gasteiger partial charge in [0, 0.05) is 6.07 Å². The molecular formula is C14H19BN2O5. The molecule has 1 aliphatic carbocycles. The zero-order valence-electron chi connectivity index (χ0n) is 13.2. The van der Waals surface area contributed by atoms with Crippen LogP contribution < -0.4 is 10.3 Å². The summed E-state index contributed by atoms with van der Waals surface area (Å²) in [5, 5.41) is 11.0. The molecule has 0 amide bonds. The third-order valence-corrected chi connectivity index (χ3v) is 4.35. The van der Waals surface area contributed by atoms with E-state index >= 15 is 0 Å². The Morgan fingerprint density at radius 2 is 1.86 bits per heavy atom. The SMILES string of the molecule is CC1(C)OB(c2nc([N+](=O)[O-])ccc2OC2CC2)OC1(C)C. The summed E-state index contributed by atoms with van der Waals surface area (Å²) in [7, 11) is -0.779. The predicted octanol–water partition coefficient (Wildman–Crippen LogP) is 1.83. The minimum absolute atomic E-state index is 0.157. The zero-order valence-corrected chi connectivity index (χ0v) is 13.2. The van der Waals surface area contributed by atoms with Crippen LogP contribution in [0.15, 0.2) is 12.1 Å². The average molecular weight is 306 g/mol. The smallest absolute Gasteiger partial charge is 0.487 e. The average Bonchev–Trinajstić information content (AvgIpc) is 3.17. The number of rotatable bonds is 4. The van der Waals surface area contributed by atoms with Gasteiger partial charge in [-0.1, -0.05) is 0 Å². The molecule has 1 saturated carbocycles. The van der Waals surface area contributed by atoms with Crippen LogP contribution in [-0.4, -0.2) is 34.3 Å². The van der Waals surface area contributed by atoms with E-state index in [4.69, 9.17) is 14.0 Å². The van der Waals surface area contributed by atoms with Gasteiger partial charge >= 0.3 is 12.9 Å². The largest absolute Gasteiger partial charge is 0.547 e. The molecule has 2 fully saturated rings. The van der Waals surface area contributed by atoms with Crippen LogP contribution in [0.3, 0.4) is 0 Å². The van der Waals surface area contributed by atoms with Gasteiger partial charge in [0.25, 0.3) is 0 Å². The van der Waals surface area contributed by atoms with Gasteiger partial charge in [0.05, 0.1) is 17.3 Å². The number of nitro groups is 1. The van der Waals surface area contributed by atoms with Crippen molar-refractivity contribution in [3.8, 4) is 5.75 Å². The molecule has 1 aromatic rings. The fourth-order valence-electron chi connectivity index (χ4n) is 2.14. The second-order valence-electron chi connectivity index (χ2n) is 6.72. The van der Waals surface area contributed by atoms with Crippen molar-refractivity contribution in [3.05, 3.63) is 22.2 Å². The summed E-state index contributed by atoms with van der Waals surface area (Å²) in [6.07, 6.45) is 2.13. The Bertz CT molecular complexity index is 599. The third kappa shape index (κ3) is 2.68. The molecule has 1 aromatic heterocycles. The molecular weight excluding hydrogens is 287 g/mol. The number of pyridine rings is 1. The van der Waals surface area contributed by atoms with E-state index in [1.54, 1.807) is 6.07 Å². The highest BCUT2D eigenvalue weighted by Crippen LogP contribution is 2.37. The molecule has 2 heterocycles. The Labute approximate surface area is 129 Å². The number of hydrogen-bond acceptors (Lipinski definition) is 6. The first-order valence-electron chi connectivity index (χ1n) is 7.37. The Morgan fingerprint density at radius 3 is 2.36 bits per heavy atom. The van der Waals surface area contributed by atoms with Gasteiger partial charge in [-0.25, -0.2) is 0 Å². The van der Waals surface area contributed by atoms with Crippen molar-refractivity contribution < 1.29 is 19.0 Å². The summed E-state index contributed by atoms with van der Waals surface area (Å²) in [6, 6.07) is 2.91. The standard InChI is InChI=1S/C14H19BN2O5/c1-13(2)14(3,4)22-15(21-13)12-10(20-9-5-6-9)7-8-11(16-12)17(18)19/h7-9H,5-6H2,1-4H3. The van der Waals surface area contributed by atoms with Crippen molar-refractivity contribution in [2.75, 3.05) is 0 Å². The topological polar surface area (TPSA) is 83.7 Å². The minimum atomic E-state index is -0.779. The maximum Gasteiger partial charge on any atom is 0.547 e. The lowest BCUT2D eigenvalue weighted by Crippen LogP contribution is -2.41. The molecule has 1 saturated heterocycles. The number of nitrogens with zero attached hydrogens (tertiary/aromatic N) is 2. The van der Waals surface area contributed by atoms with E-state index in [0.717, 1.165) is 12.8 Å². The van der Waals surface area contributed by atoms with Crippen LogP contribution in [0, 0.1) is 10.1 Å². The van der Waals surface area contributed by atoms with Gasteiger partial charge in [0.1, 0.15) is 0 Å². The van der Waals surface area contributed by atoms with Crippen molar-refractivity contribution >= 4 is 18.5 Å². The molecule has 2 aliphatic rings. The van der Waals surface area contributed by atoms with Crippen LogP contribution in [0.1, 0.15) is 40.5 Å². The molecule has 0 aromatic carbocycles. The normalized spacial score (nSPS) is 22.6. The van der Waals surface area contributed by atoms with Gasteiger partial charge in [-0.3, -0.25) is 0 Å². The van der Waals surface area contributed by atoms with Gasteiger partial charge in [0.2, 0.25) is 5.59 Å². The Balaban J connectivity index is 1.96. The Kier molecular flexibility index (Phi) is 3.41. The van der Waals surface area contributed by atoms with Crippen LogP contribution in [0.25, 0.3) is 0 Å². The van der Waals surface area contributed by atoms with Gasteiger partial charge < -0.3 is 24.2 Å². The Hall–Kier alpha value is -1.67. The number of hydrogen-bond donors (Lipinski definition) is 0. The van der Waals surface area contributed by atoms with Gasteiger partial charge in [0.15, 0.2) is 5.75 Å². The predicted molar refractivity (Wildman–Crippen MR) is 80.3 cm³/mol. The quantitative estimate of drug-likeness (QED) is 0.479. The van der Waals surface area contributed by atoms with E-state index in [0.29, 0.717) is 11.3 Å².